The van der Waals surface area contributed by atoms with Crippen molar-refractivity contribution in [2.24, 2.45) is 0 Å². The van der Waals surface area contributed by atoms with Gasteiger partial charge in [0.2, 0.25) is 15.0 Å². The van der Waals surface area contributed by atoms with E-state index in [0.29, 0.717) is 37.6 Å². The van der Waals surface area contributed by atoms with E-state index >= 15 is 0 Å². The number of sulfone groups is 1. The van der Waals surface area contributed by atoms with Gasteiger partial charge in [-0.1, -0.05) is 49.1 Å². The summed E-state index contributed by atoms with van der Waals surface area (Å²) in [4.78, 5) is 22.2. The number of morpholine rings is 1. The van der Waals surface area contributed by atoms with Gasteiger partial charge in [0, 0.05) is 37.8 Å². The molecule has 0 bridgehead atoms. The van der Waals surface area contributed by atoms with E-state index in [9.17, 15) is 17.6 Å². The molecule has 0 N–H and O–H groups in total. The number of halogens is 1. The number of nitrogens with zero attached hydrogens (tertiary/aromatic N) is 4. The van der Waals surface area contributed by atoms with E-state index in [1.165, 1.54) is 24.3 Å². The summed E-state index contributed by atoms with van der Waals surface area (Å²) >= 11 is 0. The van der Waals surface area contributed by atoms with Crippen LogP contribution in [0.3, 0.4) is 0 Å². The first-order valence-electron chi connectivity index (χ1n) is 14.5. The number of ether oxygens (including phenoxy) is 1. The molecule has 0 radical (unpaired) electrons. The van der Waals surface area contributed by atoms with E-state index in [2.05, 4.69) is 9.88 Å². The normalized spacial score (nSPS) is 17.0. The van der Waals surface area contributed by atoms with Crippen LogP contribution in [0.1, 0.15) is 65.3 Å². The summed E-state index contributed by atoms with van der Waals surface area (Å²) in [6.07, 6.45) is 6.54. The van der Waals surface area contributed by atoms with Gasteiger partial charge in [-0.05, 0) is 49.6 Å². The van der Waals surface area contributed by atoms with E-state index in [0.717, 1.165) is 56.3 Å². The van der Waals surface area contributed by atoms with Gasteiger partial charge in [0.1, 0.15) is 5.82 Å². The van der Waals surface area contributed by atoms with Gasteiger partial charge in [-0.25, -0.2) is 17.8 Å². The van der Waals surface area contributed by atoms with E-state index in [-0.39, 0.29) is 29.4 Å². The number of aryl methyl sites for hydroxylation is 1. The molecule has 1 aromatic heterocycles. The molecule has 0 unspecified atom stereocenters. The first-order chi connectivity index (χ1) is 19.8. The summed E-state index contributed by atoms with van der Waals surface area (Å²) in [6.45, 7) is 6.15. The maximum Gasteiger partial charge on any atom is 0.254 e. The Kier molecular flexibility index (Phi) is 9.52. The highest BCUT2D eigenvalue weighted by atomic mass is 32.2. The molecule has 1 aliphatic heterocycles. The Balaban J connectivity index is 1.46. The van der Waals surface area contributed by atoms with Gasteiger partial charge < -0.3 is 14.2 Å². The highest BCUT2D eigenvalue weighted by molar-refractivity contribution is 7.90. The largest absolute Gasteiger partial charge is 0.379 e. The van der Waals surface area contributed by atoms with Gasteiger partial charge in [0.05, 0.1) is 37.4 Å². The Morgan fingerprint density at radius 3 is 2.51 bits per heavy atom. The van der Waals surface area contributed by atoms with Crippen molar-refractivity contribution in [1.29, 1.82) is 0 Å². The van der Waals surface area contributed by atoms with Crippen molar-refractivity contribution in [2.75, 3.05) is 39.4 Å². The van der Waals surface area contributed by atoms with E-state index in [4.69, 9.17) is 4.74 Å². The Labute approximate surface area is 242 Å². The molecule has 0 atom stereocenters. The third kappa shape index (κ3) is 7.42. The molecular formula is C31H39FN4O4S. The molecular weight excluding hydrogens is 543 g/mol. The third-order valence-electron chi connectivity index (χ3n) is 8.02. The zero-order valence-electron chi connectivity index (χ0n) is 23.7. The number of rotatable bonds is 10. The Hall–Kier alpha value is -3.08. The molecule has 2 aromatic carbocycles. The lowest BCUT2D eigenvalue weighted by Crippen LogP contribution is -2.43. The third-order valence-corrected chi connectivity index (χ3v) is 9.59. The van der Waals surface area contributed by atoms with Crippen molar-refractivity contribution in [3.05, 3.63) is 82.9 Å². The topological polar surface area (TPSA) is 84.7 Å². The number of hydrogen-bond donors (Lipinski definition) is 0. The van der Waals surface area contributed by atoms with Crippen LogP contribution < -0.4 is 0 Å². The summed E-state index contributed by atoms with van der Waals surface area (Å²) in [5, 5.41) is 0.0725. The molecule has 1 amide bonds. The van der Waals surface area contributed by atoms with Crippen molar-refractivity contribution in [2.45, 2.75) is 62.5 Å². The Bertz CT molecular complexity index is 1430. The van der Waals surface area contributed by atoms with Gasteiger partial charge in [0.15, 0.2) is 0 Å². The average molecular weight is 583 g/mol. The van der Waals surface area contributed by atoms with Gasteiger partial charge in [-0.2, -0.15) is 0 Å². The highest BCUT2D eigenvalue weighted by Gasteiger charge is 2.30. The summed E-state index contributed by atoms with van der Waals surface area (Å²) < 4.78 is 48.5. The van der Waals surface area contributed by atoms with E-state index in [1.54, 1.807) is 11.1 Å². The molecule has 2 fully saturated rings. The van der Waals surface area contributed by atoms with Gasteiger partial charge in [-0.15, -0.1) is 0 Å². The Morgan fingerprint density at radius 1 is 1.07 bits per heavy atom. The van der Waals surface area contributed by atoms with Gasteiger partial charge in [0.25, 0.3) is 5.91 Å². The highest BCUT2D eigenvalue weighted by Crippen LogP contribution is 2.33. The molecule has 1 aliphatic carbocycles. The van der Waals surface area contributed by atoms with Crippen LogP contribution in [0.5, 0.6) is 0 Å². The van der Waals surface area contributed by atoms with Crippen molar-refractivity contribution < 1.29 is 22.3 Å². The molecule has 10 heteroatoms. The van der Waals surface area contributed by atoms with Gasteiger partial charge >= 0.3 is 0 Å². The monoisotopic (exact) mass is 582 g/mol. The predicted molar refractivity (Wildman–Crippen MR) is 155 cm³/mol. The molecule has 3 aromatic rings. The van der Waals surface area contributed by atoms with Crippen molar-refractivity contribution in [1.82, 2.24) is 19.4 Å². The standard InChI is InChI=1S/C31H39FN4O4S/c1-24-6-5-7-25(20-24)23-41(38,39)31-33-21-29(36(31)28-8-3-2-4-9-28)22-35(15-14-34-16-18-40-19-17-34)30(37)26-10-12-27(32)13-11-26/h5-7,10-13,20-21,28H,2-4,8-9,14-19,22-23H2,1H3. The van der Waals surface area contributed by atoms with Crippen LogP contribution in [-0.2, 0) is 26.9 Å². The lowest BCUT2D eigenvalue weighted by Gasteiger charge is -2.31. The molecule has 1 saturated heterocycles. The second-order valence-electron chi connectivity index (χ2n) is 11.1. The minimum atomic E-state index is -3.75. The summed E-state index contributed by atoms with van der Waals surface area (Å²) in [7, 11) is -3.75. The SMILES string of the molecule is Cc1cccc(CS(=O)(=O)c2ncc(CN(CCN3CCOCC3)C(=O)c3ccc(F)cc3)n2C2CCCCC2)c1. The van der Waals surface area contributed by atoms with Crippen LogP contribution in [0.2, 0.25) is 0 Å². The number of amides is 1. The molecule has 5 rings (SSSR count). The lowest BCUT2D eigenvalue weighted by atomic mass is 9.95. The first kappa shape index (κ1) is 29.4. The van der Waals surface area contributed by atoms with Crippen molar-refractivity contribution in [3.8, 4) is 0 Å². The number of carbonyl (C=O) groups is 1. The van der Waals surface area contributed by atoms with Crippen molar-refractivity contribution in [3.63, 3.8) is 0 Å². The quantitative estimate of drug-likeness (QED) is 0.342. The Morgan fingerprint density at radius 2 is 1.80 bits per heavy atom. The number of carbonyl (C=O) groups excluding carboxylic acids is 1. The second-order valence-corrected chi connectivity index (χ2v) is 13.0. The summed E-state index contributed by atoms with van der Waals surface area (Å²) in [6, 6.07) is 13.1. The fraction of sp³-hybridized carbons (Fsp3) is 0.484. The summed E-state index contributed by atoms with van der Waals surface area (Å²) in [5.41, 5.74) is 2.83. The number of benzene rings is 2. The number of aromatic nitrogens is 2. The predicted octanol–water partition coefficient (Wildman–Crippen LogP) is 4.78. The fourth-order valence-corrected chi connectivity index (χ4v) is 7.38. The maximum absolute atomic E-state index is 13.8. The lowest BCUT2D eigenvalue weighted by molar-refractivity contribution is 0.0318. The summed E-state index contributed by atoms with van der Waals surface area (Å²) in [5.74, 6) is -0.758. The molecule has 2 aliphatic rings. The van der Waals surface area contributed by atoms with Crippen LogP contribution in [0.4, 0.5) is 4.39 Å². The molecule has 41 heavy (non-hydrogen) atoms. The minimum absolute atomic E-state index is 0.00514. The van der Waals surface area contributed by atoms with Crippen molar-refractivity contribution >= 4 is 15.7 Å². The molecule has 220 valence electrons. The first-order valence-corrected chi connectivity index (χ1v) is 16.1. The average Bonchev–Trinajstić information content (AvgIpc) is 3.41. The van der Waals surface area contributed by atoms with Crippen LogP contribution in [-0.4, -0.2) is 73.1 Å². The molecule has 0 spiro atoms. The van der Waals surface area contributed by atoms with Crippen LogP contribution in [0.25, 0.3) is 0 Å². The second kappa shape index (κ2) is 13.3. The zero-order valence-corrected chi connectivity index (χ0v) is 24.5. The zero-order chi connectivity index (χ0) is 28.8. The maximum atomic E-state index is 13.8. The van der Waals surface area contributed by atoms with Crippen LogP contribution in [0, 0.1) is 12.7 Å². The van der Waals surface area contributed by atoms with Crippen LogP contribution >= 0.6 is 0 Å². The smallest absolute Gasteiger partial charge is 0.254 e. The number of hydrogen-bond acceptors (Lipinski definition) is 6. The van der Waals surface area contributed by atoms with Gasteiger partial charge in [-0.3, -0.25) is 9.69 Å². The molecule has 8 nitrogen and oxygen atoms in total. The number of imidazole rings is 1. The van der Waals surface area contributed by atoms with E-state index in [1.807, 2.05) is 35.8 Å². The fourth-order valence-electron chi connectivity index (χ4n) is 5.85. The minimum Gasteiger partial charge on any atom is -0.379 e. The van der Waals surface area contributed by atoms with E-state index < -0.39 is 15.7 Å². The molecule has 2 heterocycles. The van der Waals surface area contributed by atoms with Crippen LogP contribution in [0.15, 0.2) is 59.9 Å². The molecule has 1 saturated carbocycles.